The zero-order valence-corrected chi connectivity index (χ0v) is 23.1. The molecule has 41 heavy (non-hydrogen) atoms. The Hall–Kier alpha value is -4.98. The maximum Gasteiger partial charge on any atom is 0.0355 e. The van der Waals surface area contributed by atoms with Crippen molar-refractivity contribution in [3.63, 3.8) is 0 Å². The van der Waals surface area contributed by atoms with Crippen LogP contribution in [-0.4, -0.2) is 0 Å². The first-order chi connectivity index (χ1) is 20.3. The maximum atomic E-state index is 2.42. The van der Waals surface area contributed by atoms with Gasteiger partial charge in [0.2, 0.25) is 0 Å². The minimum atomic E-state index is 1.26. The Morgan fingerprint density at radius 3 is 1.76 bits per heavy atom. The standard InChI is InChI=1S/C40H24S/c1-2-11-27-23-28(18-17-25(27)9-1)39-33-15-6-5-14-32(33)38(34-21-19-26-10-3-4-12-30(26)40(34)39)29-20-22-37-35(24-29)31-13-7-8-16-36(31)41-37/h1-24H. The third-order valence-electron chi connectivity index (χ3n) is 8.62. The van der Waals surface area contributed by atoms with Gasteiger partial charge < -0.3 is 0 Å². The van der Waals surface area contributed by atoms with Gasteiger partial charge in [-0.05, 0) is 89.6 Å². The quantitative estimate of drug-likeness (QED) is 0.152. The summed E-state index contributed by atoms with van der Waals surface area (Å²) in [6.45, 7) is 0. The summed E-state index contributed by atoms with van der Waals surface area (Å²) >= 11 is 1.88. The molecule has 0 amide bonds. The summed E-state index contributed by atoms with van der Waals surface area (Å²) in [6.07, 6.45) is 0. The van der Waals surface area contributed by atoms with E-state index in [0.29, 0.717) is 0 Å². The van der Waals surface area contributed by atoms with E-state index in [4.69, 9.17) is 0 Å². The third-order valence-corrected chi connectivity index (χ3v) is 9.77. The molecule has 9 rings (SSSR count). The lowest BCUT2D eigenvalue weighted by Gasteiger charge is -2.19. The maximum absolute atomic E-state index is 2.42. The molecule has 0 aliphatic heterocycles. The summed E-state index contributed by atoms with van der Waals surface area (Å²) in [4.78, 5) is 0. The van der Waals surface area contributed by atoms with E-state index in [0.717, 1.165) is 0 Å². The van der Waals surface area contributed by atoms with Gasteiger partial charge in [0, 0.05) is 20.2 Å². The highest BCUT2D eigenvalue weighted by molar-refractivity contribution is 7.25. The molecule has 0 atom stereocenters. The molecule has 0 nitrogen and oxygen atoms in total. The summed E-state index contributed by atoms with van der Waals surface area (Å²) in [5.41, 5.74) is 5.14. The molecule has 0 saturated heterocycles. The largest absolute Gasteiger partial charge is 0.135 e. The second-order valence-corrected chi connectivity index (χ2v) is 12.0. The van der Waals surface area contributed by atoms with Crippen molar-refractivity contribution in [3.05, 3.63) is 146 Å². The fourth-order valence-electron chi connectivity index (χ4n) is 6.79. The number of thiophene rings is 1. The summed E-state index contributed by atoms with van der Waals surface area (Å²) in [5.74, 6) is 0. The van der Waals surface area contributed by atoms with E-state index in [9.17, 15) is 0 Å². The van der Waals surface area contributed by atoms with Crippen molar-refractivity contribution in [3.8, 4) is 22.3 Å². The summed E-state index contributed by atoms with van der Waals surface area (Å²) in [6, 6.07) is 53.9. The monoisotopic (exact) mass is 536 g/mol. The normalized spacial score (nSPS) is 11.9. The molecule has 0 aliphatic rings. The Bertz CT molecular complexity index is 2480. The average Bonchev–Trinajstić information content (AvgIpc) is 3.41. The summed E-state index contributed by atoms with van der Waals surface area (Å²) in [5, 5.41) is 13.0. The van der Waals surface area contributed by atoms with Gasteiger partial charge in [-0.1, -0.05) is 121 Å². The fourth-order valence-corrected chi connectivity index (χ4v) is 7.87. The Labute approximate surface area is 241 Å². The van der Waals surface area contributed by atoms with Crippen LogP contribution in [0.1, 0.15) is 0 Å². The first kappa shape index (κ1) is 22.8. The highest BCUT2D eigenvalue weighted by atomic mass is 32.1. The van der Waals surface area contributed by atoms with Crippen LogP contribution in [0, 0.1) is 0 Å². The van der Waals surface area contributed by atoms with Crippen molar-refractivity contribution < 1.29 is 0 Å². The Morgan fingerprint density at radius 1 is 0.317 bits per heavy atom. The van der Waals surface area contributed by atoms with E-state index in [2.05, 4.69) is 146 Å². The molecule has 1 aromatic heterocycles. The summed E-state index contributed by atoms with van der Waals surface area (Å²) < 4.78 is 2.67. The van der Waals surface area contributed by atoms with Gasteiger partial charge in [-0.3, -0.25) is 0 Å². The number of fused-ring (bicyclic) bond motifs is 8. The van der Waals surface area contributed by atoms with E-state index in [1.165, 1.54) is 85.5 Å². The molecule has 8 aromatic carbocycles. The van der Waals surface area contributed by atoms with Crippen LogP contribution >= 0.6 is 11.3 Å². The average molecular weight is 537 g/mol. The highest BCUT2D eigenvalue weighted by Crippen LogP contribution is 2.47. The third kappa shape index (κ3) is 3.40. The van der Waals surface area contributed by atoms with Crippen molar-refractivity contribution in [2.45, 2.75) is 0 Å². The van der Waals surface area contributed by atoms with Crippen LogP contribution in [0.15, 0.2) is 146 Å². The molecule has 1 heterocycles. The molecule has 0 aliphatic carbocycles. The molecular weight excluding hydrogens is 513 g/mol. The second kappa shape index (κ2) is 8.76. The van der Waals surface area contributed by atoms with Crippen LogP contribution < -0.4 is 0 Å². The molecule has 0 saturated carbocycles. The van der Waals surface area contributed by atoms with Crippen molar-refractivity contribution in [1.29, 1.82) is 0 Å². The van der Waals surface area contributed by atoms with Crippen molar-refractivity contribution in [2.75, 3.05) is 0 Å². The van der Waals surface area contributed by atoms with Crippen LogP contribution in [0.5, 0.6) is 0 Å². The number of benzene rings is 8. The van der Waals surface area contributed by atoms with E-state index < -0.39 is 0 Å². The molecule has 0 bridgehead atoms. The number of rotatable bonds is 2. The number of hydrogen-bond acceptors (Lipinski definition) is 1. The number of hydrogen-bond donors (Lipinski definition) is 0. The predicted molar refractivity (Wildman–Crippen MR) is 180 cm³/mol. The Morgan fingerprint density at radius 2 is 0.902 bits per heavy atom. The van der Waals surface area contributed by atoms with Crippen LogP contribution in [-0.2, 0) is 0 Å². The molecule has 1 heteroatoms. The SMILES string of the molecule is c1ccc2cc(-c3c4ccccc4c(-c4ccc5sc6ccccc6c5c4)c4ccc5ccccc5c34)ccc2c1. The lowest BCUT2D eigenvalue weighted by molar-refractivity contribution is 1.70. The first-order valence-electron chi connectivity index (χ1n) is 14.1. The van der Waals surface area contributed by atoms with E-state index in [-0.39, 0.29) is 0 Å². The van der Waals surface area contributed by atoms with Gasteiger partial charge >= 0.3 is 0 Å². The molecular formula is C40H24S. The summed E-state index contributed by atoms with van der Waals surface area (Å²) in [7, 11) is 0. The van der Waals surface area contributed by atoms with Gasteiger partial charge in [-0.15, -0.1) is 11.3 Å². The van der Waals surface area contributed by atoms with Gasteiger partial charge in [-0.25, -0.2) is 0 Å². The Kier molecular flexibility index (Phi) is 4.87. The molecule has 190 valence electrons. The molecule has 0 spiro atoms. The Balaban J connectivity index is 1.47. The van der Waals surface area contributed by atoms with Gasteiger partial charge in [0.1, 0.15) is 0 Å². The van der Waals surface area contributed by atoms with Crippen molar-refractivity contribution in [2.24, 2.45) is 0 Å². The van der Waals surface area contributed by atoms with Crippen LogP contribution in [0.2, 0.25) is 0 Å². The van der Waals surface area contributed by atoms with E-state index in [1.807, 2.05) is 11.3 Å². The van der Waals surface area contributed by atoms with Gasteiger partial charge in [0.15, 0.2) is 0 Å². The molecule has 9 aromatic rings. The van der Waals surface area contributed by atoms with E-state index >= 15 is 0 Å². The van der Waals surface area contributed by atoms with Gasteiger partial charge in [-0.2, -0.15) is 0 Å². The second-order valence-electron chi connectivity index (χ2n) is 10.9. The topological polar surface area (TPSA) is 0 Å². The molecule has 0 N–H and O–H groups in total. The van der Waals surface area contributed by atoms with Gasteiger partial charge in [0.05, 0.1) is 0 Å². The van der Waals surface area contributed by atoms with Crippen LogP contribution in [0.4, 0.5) is 0 Å². The lowest BCUT2D eigenvalue weighted by atomic mass is 9.83. The zero-order valence-electron chi connectivity index (χ0n) is 22.3. The molecule has 0 fully saturated rings. The minimum Gasteiger partial charge on any atom is -0.135 e. The van der Waals surface area contributed by atoms with Crippen LogP contribution in [0.3, 0.4) is 0 Å². The minimum absolute atomic E-state index is 1.26. The molecule has 0 radical (unpaired) electrons. The van der Waals surface area contributed by atoms with E-state index in [1.54, 1.807) is 0 Å². The van der Waals surface area contributed by atoms with Crippen molar-refractivity contribution in [1.82, 2.24) is 0 Å². The first-order valence-corrected chi connectivity index (χ1v) is 14.9. The molecule has 0 unspecified atom stereocenters. The fraction of sp³-hybridized carbons (Fsp3) is 0. The van der Waals surface area contributed by atoms with Gasteiger partial charge in [0.25, 0.3) is 0 Å². The zero-order chi connectivity index (χ0) is 26.9. The highest BCUT2D eigenvalue weighted by Gasteiger charge is 2.19. The smallest absolute Gasteiger partial charge is 0.0355 e. The van der Waals surface area contributed by atoms with Crippen molar-refractivity contribution >= 4 is 74.6 Å². The van der Waals surface area contributed by atoms with Crippen LogP contribution in [0.25, 0.3) is 85.5 Å². The predicted octanol–water partition coefficient (Wildman–Crippen LogP) is 12.0. The lowest BCUT2D eigenvalue weighted by Crippen LogP contribution is -1.92.